The van der Waals surface area contributed by atoms with Gasteiger partial charge in [0.05, 0.1) is 23.4 Å². The molecule has 2 aromatic rings. The average Bonchev–Trinajstić information content (AvgIpc) is 3.59. The highest BCUT2D eigenvalue weighted by atomic mass is 16.5. The predicted octanol–water partition coefficient (Wildman–Crippen LogP) is 3.77. The van der Waals surface area contributed by atoms with E-state index >= 15 is 0 Å². The molecule has 2 saturated carbocycles. The van der Waals surface area contributed by atoms with Gasteiger partial charge in [0.2, 0.25) is 17.7 Å². The molecule has 7 nitrogen and oxygen atoms in total. The quantitative estimate of drug-likeness (QED) is 0.272. The number of carbonyl (C=O) groups excluding carboxylic acids is 4. The maximum absolute atomic E-state index is 13.4. The third-order valence-corrected chi connectivity index (χ3v) is 9.08. The predicted molar refractivity (Wildman–Crippen MR) is 136 cm³/mol. The lowest BCUT2D eigenvalue weighted by molar-refractivity contribution is -0.139. The SMILES string of the molecule is CCc1ccccc1N1C[C@H](C(=O)Oc2cccc(N3C(=O)[C@@H]4[C@H]5C=C[C@@H]([C@@H]6C[C@@H]56)[C@H]4C3=O)c2)CC1=O. The molecule has 188 valence electrons. The third-order valence-electron chi connectivity index (χ3n) is 9.08. The molecule has 4 aliphatic carbocycles. The molecule has 0 N–H and O–H groups in total. The summed E-state index contributed by atoms with van der Waals surface area (Å²) >= 11 is 0. The number of imide groups is 1. The number of carbonyl (C=O) groups is 4. The van der Waals surface area contributed by atoms with E-state index in [1.54, 1.807) is 29.2 Å². The Bertz CT molecular complexity index is 1350. The van der Waals surface area contributed by atoms with Gasteiger partial charge in [-0.05, 0) is 60.3 Å². The molecule has 2 aromatic carbocycles. The maximum atomic E-state index is 13.4. The lowest BCUT2D eigenvalue weighted by Crippen LogP contribution is -2.40. The molecule has 7 atom stereocenters. The van der Waals surface area contributed by atoms with Crippen LogP contribution in [-0.2, 0) is 25.6 Å². The van der Waals surface area contributed by atoms with Gasteiger partial charge in [0.15, 0.2) is 0 Å². The molecule has 3 amide bonds. The Hall–Kier alpha value is -3.74. The molecule has 4 fully saturated rings. The molecular formula is C30H28N2O5. The molecule has 0 spiro atoms. The summed E-state index contributed by atoms with van der Waals surface area (Å²) in [6, 6.07) is 14.3. The van der Waals surface area contributed by atoms with Gasteiger partial charge in [-0.25, -0.2) is 4.90 Å². The summed E-state index contributed by atoms with van der Waals surface area (Å²) in [6.45, 7) is 2.30. The number of amides is 3. The van der Waals surface area contributed by atoms with Gasteiger partial charge in [0, 0.05) is 24.7 Å². The van der Waals surface area contributed by atoms with Crippen molar-refractivity contribution in [2.45, 2.75) is 26.2 Å². The number of hydrogen-bond acceptors (Lipinski definition) is 5. The number of benzene rings is 2. The molecule has 2 bridgehead atoms. The molecule has 2 saturated heterocycles. The zero-order valence-corrected chi connectivity index (χ0v) is 20.6. The van der Waals surface area contributed by atoms with E-state index in [-0.39, 0.29) is 60.1 Å². The van der Waals surface area contributed by atoms with Crippen molar-refractivity contribution >= 4 is 35.1 Å². The molecule has 0 aromatic heterocycles. The fraction of sp³-hybridized carbons (Fsp3) is 0.400. The lowest BCUT2D eigenvalue weighted by Gasteiger charge is -2.37. The van der Waals surface area contributed by atoms with E-state index in [1.165, 1.54) is 4.90 Å². The molecule has 2 aliphatic heterocycles. The van der Waals surface area contributed by atoms with Crippen molar-refractivity contribution in [3.05, 3.63) is 66.2 Å². The summed E-state index contributed by atoms with van der Waals surface area (Å²) in [4.78, 5) is 55.6. The summed E-state index contributed by atoms with van der Waals surface area (Å²) in [6.07, 6.45) is 6.29. The molecule has 2 heterocycles. The van der Waals surface area contributed by atoms with Crippen LogP contribution in [0.1, 0.15) is 25.3 Å². The molecule has 0 unspecified atom stereocenters. The van der Waals surface area contributed by atoms with Crippen LogP contribution in [0, 0.1) is 41.4 Å². The first-order chi connectivity index (χ1) is 18.0. The van der Waals surface area contributed by atoms with E-state index in [1.807, 2.05) is 31.2 Å². The van der Waals surface area contributed by atoms with E-state index < -0.39 is 11.9 Å². The van der Waals surface area contributed by atoms with Crippen LogP contribution in [0.15, 0.2) is 60.7 Å². The Labute approximate surface area is 215 Å². The smallest absolute Gasteiger partial charge is 0.316 e. The Morgan fingerprint density at radius 2 is 1.65 bits per heavy atom. The first kappa shape index (κ1) is 22.5. The van der Waals surface area contributed by atoms with Gasteiger partial charge in [-0.1, -0.05) is 43.3 Å². The van der Waals surface area contributed by atoms with Crippen LogP contribution in [0.4, 0.5) is 11.4 Å². The summed E-state index contributed by atoms with van der Waals surface area (Å²) in [7, 11) is 0. The van der Waals surface area contributed by atoms with E-state index in [9.17, 15) is 19.2 Å². The van der Waals surface area contributed by atoms with Crippen molar-refractivity contribution in [3.63, 3.8) is 0 Å². The summed E-state index contributed by atoms with van der Waals surface area (Å²) in [5.41, 5.74) is 2.32. The topological polar surface area (TPSA) is 84.0 Å². The van der Waals surface area contributed by atoms with Crippen molar-refractivity contribution in [2.24, 2.45) is 41.4 Å². The van der Waals surface area contributed by atoms with Crippen LogP contribution in [0.3, 0.4) is 0 Å². The first-order valence-corrected chi connectivity index (χ1v) is 13.2. The number of aryl methyl sites for hydroxylation is 1. The Kier molecular flexibility index (Phi) is 4.94. The van der Waals surface area contributed by atoms with Crippen LogP contribution >= 0.6 is 0 Å². The van der Waals surface area contributed by atoms with E-state index in [2.05, 4.69) is 12.2 Å². The van der Waals surface area contributed by atoms with Gasteiger partial charge < -0.3 is 9.64 Å². The van der Waals surface area contributed by atoms with Gasteiger partial charge in [-0.3, -0.25) is 19.2 Å². The minimum Gasteiger partial charge on any atom is -0.426 e. The minimum atomic E-state index is -0.590. The third kappa shape index (κ3) is 3.32. The van der Waals surface area contributed by atoms with Gasteiger partial charge in [-0.2, -0.15) is 0 Å². The first-order valence-electron chi connectivity index (χ1n) is 13.2. The minimum absolute atomic E-state index is 0.0845. The second-order valence-electron chi connectivity index (χ2n) is 11.0. The van der Waals surface area contributed by atoms with Crippen molar-refractivity contribution in [2.75, 3.05) is 16.3 Å². The number of para-hydroxylation sites is 1. The number of ether oxygens (including phenoxy) is 1. The highest BCUT2D eigenvalue weighted by Gasteiger charge is 2.67. The summed E-state index contributed by atoms with van der Waals surface area (Å²) in [5.74, 6) is -0.370. The van der Waals surface area contributed by atoms with Crippen LogP contribution in [0.2, 0.25) is 0 Å². The van der Waals surface area contributed by atoms with Crippen molar-refractivity contribution < 1.29 is 23.9 Å². The Morgan fingerprint density at radius 3 is 2.35 bits per heavy atom. The molecular weight excluding hydrogens is 468 g/mol. The fourth-order valence-corrected chi connectivity index (χ4v) is 7.27. The van der Waals surface area contributed by atoms with Crippen molar-refractivity contribution in [3.8, 4) is 5.75 Å². The van der Waals surface area contributed by atoms with Crippen LogP contribution < -0.4 is 14.5 Å². The summed E-state index contributed by atoms with van der Waals surface area (Å²) in [5, 5.41) is 0. The van der Waals surface area contributed by atoms with Crippen molar-refractivity contribution in [1.29, 1.82) is 0 Å². The van der Waals surface area contributed by atoms with E-state index in [4.69, 9.17) is 4.74 Å². The van der Waals surface area contributed by atoms with Crippen LogP contribution in [0.25, 0.3) is 0 Å². The normalized spacial score (nSPS) is 33.1. The highest BCUT2D eigenvalue weighted by Crippen LogP contribution is 2.65. The number of rotatable bonds is 5. The second-order valence-corrected chi connectivity index (χ2v) is 11.0. The largest absolute Gasteiger partial charge is 0.426 e. The van der Waals surface area contributed by atoms with Gasteiger partial charge in [0.25, 0.3) is 0 Å². The Morgan fingerprint density at radius 1 is 0.946 bits per heavy atom. The number of hydrogen-bond donors (Lipinski definition) is 0. The van der Waals surface area contributed by atoms with Crippen LogP contribution in [0.5, 0.6) is 5.75 Å². The number of anilines is 2. The molecule has 8 rings (SSSR count). The molecule has 6 aliphatic rings. The number of allylic oxidation sites excluding steroid dienone is 2. The monoisotopic (exact) mass is 496 g/mol. The van der Waals surface area contributed by atoms with Gasteiger partial charge >= 0.3 is 5.97 Å². The summed E-state index contributed by atoms with van der Waals surface area (Å²) < 4.78 is 5.68. The van der Waals surface area contributed by atoms with Crippen LogP contribution in [-0.4, -0.2) is 30.2 Å². The maximum Gasteiger partial charge on any atom is 0.316 e. The molecule has 37 heavy (non-hydrogen) atoms. The molecule has 7 heteroatoms. The van der Waals surface area contributed by atoms with Gasteiger partial charge in [0.1, 0.15) is 5.75 Å². The van der Waals surface area contributed by atoms with E-state index in [0.29, 0.717) is 17.5 Å². The fourth-order valence-electron chi connectivity index (χ4n) is 7.27. The zero-order chi connectivity index (χ0) is 25.4. The van der Waals surface area contributed by atoms with E-state index in [0.717, 1.165) is 24.1 Å². The number of nitrogens with zero attached hydrogens (tertiary/aromatic N) is 2. The second kappa shape index (κ2) is 8.13. The lowest BCUT2D eigenvalue weighted by atomic mass is 9.63. The highest BCUT2D eigenvalue weighted by molar-refractivity contribution is 6.22. The Balaban J connectivity index is 1.08. The van der Waals surface area contributed by atoms with Crippen molar-refractivity contribution in [1.82, 2.24) is 0 Å². The zero-order valence-electron chi connectivity index (χ0n) is 20.6. The van der Waals surface area contributed by atoms with Gasteiger partial charge in [-0.15, -0.1) is 0 Å². The average molecular weight is 497 g/mol. The standard InChI is InChI=1S/C30H28N2O5/c1-2-16-6-3-4-9-24(16)31-15-17(12-25(31)33)30(36)37-19-8-5-7-18(13-19)32-28(34)26-20-10-11-21(23-14-22(20)23)27(26)29(32)35/h3-11,13,17,20-23,26-27H,2,12,14-15H2,1H3/t17-,20+,21+,22+,23+,26-,27-/m1/s1. The molecule has 0 radical (unpaired) electrons. The number of esters is 1.